The Morgan fingerprint density at radius 3 is 2.62 bits per heavy atom. The first-order chi connectivity index (χ1) is 12.6. The van der Waals surface area contributed by atoms with Gasteiger partial charge in [0.05, 0.1) is 23.9 Å². The van der Waals surface area contributed by atoms with E-state index in [4.69, 9.17) is 4.74 Å². The van der Waals surface area contributed by atoms with Gasteiger partial charge in [-0.2, -0.15) is 0 Å². The Morgan fingerprint density at radius 2 is 1.96 bits per heavy atom. The first kappa shape index (κ1) is 18.8. The number of hydrogen-bond acceptors (Lipinski definition) is 5. The lowest BCUT2D eigenvalue weighted by molar-refractivity contribution is 0.0342. The average Bonchev–Trinajstić information content (AvgIpc) is 2.95. The van der Waals surface area contributed by atoms with E-state index < -0.39 is 0 Å². The van der Waals surface area contributed by atoms with Crippen LogP contribution < -0.4 is 10.6 Å². The summed E-state index contributed by atoms with van der Waals surface area (Å²) in [6.07, 6.45) is 0.755. The summed E-state index contributed by atoms with van der Waals surface area (Å²) in [6, 6.07) is 7.83. The van der Waals surface area contributed by atoms with Crippen LogP contribution >= 0.6 is 11.3 Å². The van der Waals surface area contributed by atoms with E-state index in [9.17, 15) is 4.79 Å². The molecule has 6 nitrogen and oxygen atoms in total. The van der Waals surface area contributed by atoms with E-state index in [0.717, 1.165) is 55.7 Å². The molecule has 7 heteroatoms. The smallest absolute Gasteiger partial charge is 0.319 e. The van der Waals surface area contributed by atoms with Crippen molar-refractivity contribution in [2.75, 3.05) is 38.2 Å². The predicted molar refractivity (Wildman–Crippen MR) is 105 cm³/mol. The quantitative estimate of drug-likeness (QED) is 0.816. The second-order valence-corrected chi connectivity index (χ2v) is 7.75. The SMILES string of the molecule is Cc1nc(CCNC(=O)Nc2ccc(CN3CCOCC3)cc2)sc1C. The molecule has 0 spiro atoms. The Kier molecular flexibility index (Phi) is 6.60. The van der Waals surface area contributed by atoms with Gasteiger partial charge in [0, 0.05) is 43.2 Å². The monoisotopic (exact) mass is 374 g/mol. The van der Waals surface area contributed by atoms with Crippen LogP contribution in [0.15, 0.2) is 24.3 Å². The zero-order valence-corrected chi connectivity index (χ0v) is 16.2. The lowest BCUT2D eigenvalue weighted by atomic mass is 10.2. The topological polar surface area (TPSA) is 66.5 Å². The molecule has 0 saturated carbocycles. The highest BCUT2D eigenvalue weighted by atomic mass is 32.1. The van der Waals surface area contributed by atoms with Crippen LogP contribution in [0.4, 0.5) is 10.5 Å². The highest BCUT2D eigenvalue weighted by molar-refractivity contribution is 7.11. The molecule has 3 rings (SSSR count). The van der Waals surface area contributed by atoms with E-state index in [0.29, 0.717) is 6.54 Å². The average molecular weight is 375 g/mol. The van der Waals surface area contributed by atoms with Gasteiger partial charge in [0.1, 0.15) is 0 Å². The zero-order valence-electron chi connectivity index (χ0n) is 15.4. The van der Waals surface area contributed by atoms with Crippen LogP contribution in [0.5, 0.6) is 0 Å². The fourth-order valence-electron chi connectivity index (χ4n) is 2.82. The van der Waals surface area contributed by atoms with E-state index >= 15 is 0 Å². The molecule has 1 fully saturated rings. The van der Waals surface area contributed by atoms with Crippen molar-refractivity contribution in [3.63, 3.8) is 0 Å². The molecular weight excluding hydrogens is 348 g/mol. The van der Waals surface area contributed by atoms with Crippen LogP contribution in [-0.4, -0.2) is 48.8 Å². The number of nitrogens with zero attached hydrogens (tertiary/aromatic N) is 2. The summed E-state index contributed by atoms with van der Waals surface area (Å²) in [7, 11) is 0. The van der Waals surface area contributed by atoms with Gasteiger partial charge in [-0.25, -0.2) is 9.78 Å². The third-order valence-corrected chi connectivity index (χ3v) is 5.55. The van der Waals surface area contributed by atoms with Gasteiger partial charge in [-0.15, -0.1) is 11.3 Å². The molecule has 0 bridgehead atoms. The number of ether oxygens (including phenoxy) is 1. The molecule has 0 unspecified atom stereocenters. The molecule has 140 valence electrons. The number of thiazole rings is 1. The molecule has 2 amide bonds. The summed E-state index contributed by atoms with van der Waals surface area (Å²) >= 11 is 1.69. The number of morpholine rings is 1. The molecule has 2 aromatic rings. The number of hydrogen-bond donors (Lipinski definition) is 2. The Morgan fingerprint density at radius 1 is 1.23 bits per heavy atom. The molecule has 1 saturated heterocycles. The molecule has 26 heavy (non-hydrogen) atoms. The number of nitrogens with one attached hydrogen (secondary N) is 2. The van der Waals surface area contributed by atoms with Gasteiger partial charge in [-0.1, -0.05) is 12.1 Å². The van der Waals surface area contributed by atoms with Gasteiger partial charge < -0.3 is 15.4 Å². The van der Waals surface area contributed by atoms with Gasteiger partial charge in [-0.3, -0.25) is 4.90 Å². The van der Waals surface area contributed by atoms with Crippen molar-refractivity contribution < 1.29 is 9.53 Å². The van der Waals surface area contributed by atoms with Crippen molar-refractivity contribution in [2.24, 2.45) is 0 Å². The third kappa shape index (κ3) is 5.52. The Bertz CT molecular complexity index is 704. The highest BCUT2D eigenvalue weighted by Crippen LogP contribution is 2.16. The molecule has 1 aromatic heterocycles. The summed E-state index contributed by atoms with van der Waals surface area (Å²) in [5, 5.41) is 6.82. The Labute approximate surface area is 158 Å². The van der Waals surface area contributed by atoms with Crippen molar-refractivity contribution in [3.8, 4) is 0 Å². The van der Waals surface area contributed by atoms with E-state index in [1.54, 1.807) is 11.3 Å². The van der Waals surface area contributed by atoms with Crippen LogP contribution in [-0.2, 0) is 17.7 Å². The number of carbonyl (C=O) groups excluding carboxylic acids is 1. The minimum atomic E-state index is -0.184. The number of carbonyl (C=O) groups is 1. The standard InChI is InChI=1S/C19H26N4O2S/c1-14-15(2)26-18(21-14)7-8-20-19(24)22-17-5-3-16(4-6-17)13-23-9-11-25-12-10-23/h3-6H,7-13H2,1-2H3,(H2,20,22,24). The maximum Gasteiger partial charge on any atom is 0.319 e. The second-order valence-electron chi connectivity index (χ2n) is 6.47. The van der Waals surface area contributed by atoms with Crippen molar-refractivity contribution >= 4 is 23.1 Å². The second kappa shape index (κ2) is 9.12. The third-order valence-electron chi connectivity index (χ3n) is 4.42. The highest BCUT2D eigenvalue weighted by Gasteiger charge is 2.10. The molecular formula is C19H26N4O2S. The van der Waals surface area contributed by atoms with E-state index in [1.165, 1.54) is 10.4 Å². The van der Waals surface area contributed by atoms with E-state index in [1.807, 2.05) is 19.1 Å². The molecule has 2 heterocycles. The van der Waals surface area contributed by atoms with Crippen LogP contribution in [0.2, 0.25) is 0 Å². The maximum absolute atomic E-state index is 12.0. The number of aromatic nitrogens is 1. The van der Waals surface area contributed by atoms with Gasteiger partial charge in [0.25, 0.3) is 0 Å². The van der Waals surface area contributed by atoms with E-state index in [2.05, 4.69) is 39.6 Å². The number of anilines is 1. The van der Waals surface area contributed by atoms with Crippen LogP contribution in [0, 0.1) is 13.8 Å². The number of aryl methyl sites for hydroxylation is 2. The summed E-state index contributed by atoms with van der Waals surface area (Å²) in [5.41, 5.74) is 3.12. The summed E-state index contributed by atoms with van der Waals surface area (Å²) in [5.74, 6) is 0. The van der Waals surface area contributed by atoms with Gasteiger partial charge in [0.15, 0.2) is 0 Å². The molecule has 1 aliphatic rings. The van der Waals surface area contributed by atoms with E-state index in [-0.39, 0.29) is 6.03 Å². The Hall–Kier alpha value is -1.96. The number of rotatable bonds is 6. The van der Waals surface area contributed by atoms with Crippen LogP contribution in [0.1, 0.15) is 21.1 Å². The van der Waals surface area contributed by atoms with Gasteiger partial charge in [-0.05, 0) is 31.5 Å². The fraction of sp³-hybridized carbons (Fsp3) is 0.474. The molecule has 0 aliphatic carbocycles. The summed E-state index contributed by atoms with van der Waals surface area (Å²) < 4.78 is 5.37. The molecule has 1 aliphatic heterocycles. The minimum Gasteiger partial charge on any atom is -0.379 e. The van der Waals surface area contributed by atoms with Crippen molar-refractivity contribution in [3.05, 3.63) is 45.4 Å². The maximum atomic E-state index is 12.0. The zero-order chi connectivity index (χ0) is 18.4. The first-order valence-electron chi connectivity index (χ1n) is 8.97. The predicted octanol–water partition coefficient (Wildman–Crippen LogP) is 2.96. The Balaban J connectivity index is 1.40. The van der Waals surface area contributed by atoms with Crippen molar-refractivity contribution in [1.82, 2.24) is 15.2 Å². The summed E-state index contributed by atoms with van der Waals surface area (Å²) in [6.45, 7) is 9.13. The molecule has 1 aromatic carbocycles. The van der Waals surface area contributed by atoms with Crippen LogP contribution in [0.25, 0.3) is 0 Å². The minimum absolute atomic E-state index is 0.184. The normalized spacial score (nSPS) is 15.0. The number of benzene rings is 1. The van der Waals surface area contributed by atoms with Crippen molar-refractivity contribution in [1.29, 1.82) is 0 Å². The molecule has 0 atom stereocenters. The summed E-state index contributed by atoms with van der Waals surface area (Å²) in [4.78, 5) is 20.1. The lowest BCUT2D eigenvalue weighted by Crippen LogP contribution is -2.35. The largest absolute Gasteiger partial charge is 0.379 e. The van der Waals surface area contributed by atoms with Gasteiger partial charge >= 0.3 is 6.03 Å². The lowest BCUT2D eigenvalue weighted by Gasteiger charge is -2.26. The first-order valence-corrected chi connectivity index (χ1v) is 9.78. The van der Waals surface area contributed by atoms with Gasteiger partial charge in [0.2, 0.25) is 0 Å². The number of urea groups is 1. The fourth-order valence-corrected chi connectivity index (χ4v) is 3.75. The molecule has 0 radical (unpaired) electrons. The van der Waals surface area contributed by atoms with Crippen molar-refractivity contribution in [2.45, 2.75) is 26.8 Å². The molecule has 2 N–H and O–H groups in total. The number of amides is 2. The van der Waals surface area contributed by atoms with Crippen LogP contribution in [0.3, 0.4) is 0 Å².